The summed E-state index contributed by atoms with van der Waals surface area (Å²) in [6, 6.07) is 3.04. The average Bonchev–Trinajstić information content (AvgIpc) is 2.73. The molecule has 0 radical (unpaired) electrons. The van der Waals surface area contributed by atoms with Crippen LogP contribution in [0.15, 0.2) is 24.5 Å². The van der Waals surface area contributed by atoms with E-state index in [1.54, 1.807) is 10.9 Å². The van der Waals surface area contributed by atoms with Crippen LogP contribution >= 0.6 is 11.6 Å². The van der Waals surface area contributed by atoms with Crippen molar-refractivity contribution >= 4 is 17.5 Å². The third kappa shape index (κ3) is 3.01. The third-order valence-corrected chi connectivity index (χ3v) is 2.28. The quantitative estimate of drug-likeness (QED) is 0.876. The molecule has 2 aromatic rings. The molecule has 1 N–H and O–H groups in total. The molecule has 0 saturated carbocycles. The van der Waals surface area contributed by atoms with Gasteiger partial charge in [-0.25, -0.2) is 0 Å². The molecule has 0 spiro atoms. The number of aromatic nitrogens is 4. The molecule has 0 aliphatic heterocycles. The lowest BCUT2D eigenvalue weighted by atomic mass is 10.3. The van der Waals surface area contributed by atoms with Gasteiger partial charge in [0.25, 0.3) is 5.91 Å². The summed E-state index contributed by atoms with van der Waals surface area (Å²) in [6.07, 6.45) is 3.52. The Bertz CT molecular complexity index is 522. The SMILES string of the molecule is Cn1cc(CNC(=O)c2ccc(Cl)nn2)cn1. The molecule has 0 aromatic carbocycles. The van der Waals surface area contributed by atoms with Crippen LogP contribution in [0.4, 0.5) is 0 Å². The maximum atomic E-state index is 11.7. The maximum absolute atomic E-state index is 11.7. The summed E-state index contributed by atoms with van der Waals surface area (Å²) < 4.78 is 1.67. The molecule has 0 unspecified atom stereocenters. The van der Waals surface area contributed by atoms with Gasteiger partial charge in [-0.15, -0.1) is 10.2 Å². The van der Waals surface area contributed by atoms with Gasteiger partial charge in [-0.1, -0.05) is 11.6 Å². The van der Waals surface area contributed by atoms with Gasteiger partial charge in [0, 0.05) is 25.4 Å². The van der Waals surface area contributed by atoms with Gasteiger partial charge in [-0.2, -0.15) is 5.10 Å². The second-order valence-corrected chi connectivity index (χ2v) is 3.83. The summed E-state index contributed by atoms with van der Waals surface area (Å²) in [5, 5.41) is 14.2. The molecule has 17 heavy (non-hydrogen) atoms. The molecule has 0 saturated heterocycles. The Morgan fingerprint density at radius 1 is 1.47 bits per heavy atom. The molecule has 7 heteroatoms. The van der Waals surface area contributed by atoms with Crippen LogP contribution in [-0.4, -0.2) is 25.9 Å². The van der Waals surface area contributed by atoms with Crippen molar-refractivity contribution in [3.63, 3.8) is 0 Å². The number of rotatable bonds is 3. The van der Waals surface area contributed by atoms with Gasteiger partial charge >= 0.3 is 0 Å². The number of hydrogen-bond acceptors (Lipinski definition) is 4. The van der Waals surface area contributed by atoms with Crippen molar-refractivity contribution in [3.05, 3.63) is 40.9 Å². The summed E-state index contributed by atoms with van der Waals surface area (Å²) >= 11 is 5.58. The van der Waals surface area contributed by atoms with E-state index in [0.29, 0.717) is 6.54 Å². The van der Waals surface area contributed by atoms with Crippen molar-refractivity contribution in [1.29, 1.82) is 0 Å². The predicted molar refractivity (Wildman–Crippen MR) is 61.4 cm³/mol. The van der Waals surface area contributed by atoms with Crippen LogP contribution in [-0.2, 0) is 13.6 Å². The number of carbonyl (C=O) groups excluding carboxylic acids is 1. The normalized spacial score (nSPS) is 10.2. The van der Waals surface area contributed by atoms with Gasteiger partial charge in [0.05, 0.1) is 6.20 Å². The fraction of sp³-hybridized carbons (Fsp3) is 0.200. The van der Waals surface area contributed by atoms with Gasteiger partial charge in [0.2, 0.25) is 0 Å². The molecule has 0 atom stereocenters. The van der Waals surface area contributed by atoms with E-state index >= 15 is 0 Å². The molecule has 6 nitrogen and oxygen atoms in total. The van der Waals surface area contributed by atoms with E-state index in [-0.39, 0.29) is 16.8 Å². The van der Waals surface area contributed by atoms with Crippen LogP contribution < -0.4 is 5.32 Å². The third-order valence-electron chi connectivity index (χ3n) is 2.08. The van der Waals surface area contributed by atoms with E-state index < -0.39 is 0 Å². The zero-order valence-corrected chi connectivity index (χ0v) is 9.85. The topological polar surface area (TPSA) is 72.7 Å². The highest BCUT2D eigenvalue weighted by Gasteiger charge is 2.07. The molecule has 2 rings (SSSR count). The van der Waals surface area contributed by atoms with E-state index in [1.807, 2.05) is 13.2 Å². The Morgan fingerprint density at radius 2 is 2.29 bits per heavy atom. The molecule has 1 amide bonds. The van der Waals surface area contributed by atoms with Crippen LogP contribution in [0.25, 0.3) is 0 Å². The minimum atomic E-state index is -0.294. The Kier molecular flexibility index (Phi) is 3.34. The van der Waals surface area contributed by atoms with Gasteiger partial charge in [-0.3, -0.25) is 9.48 Å². The highest BCUT2D eigenvalue weighted by Crippen LogP contribution is 2.02. The highest BCUT2D eigenvalue weighted by atomic mass is 35.5. The number of hydrogen-bond donors (Lipinski definition) is 1. The van der Waals surface area contributed by atoms with Crippen molar-refractivity contribution in [1.82, 2.24) is 25.3 Å². The Balaban J connectivity index is 1.95. The van der Waals surface area contributed by atoms with Crippen LogP contribution in [0.1, 0.15) is 16.1 Å². The molecule has 0 aliphatic carbocycles. The zero-order valence-electron chi connectivity index (χ0n) is 9.09. The van der Waals surface area contributed by atoms with E-state index in [0.717, 1.165) is 5.56 Å². The molecule has 2 aromatic heterocycles. The van der Waals surface area contributed by atoms with E-state index in [4.69, 9.17) is 11.6 Å². The fourth-order valence-corrected chi connectivity index (χ4v) is 1.37. The van der Waals surface area contributed by atoms with Gasteiger partial charge in [0.1, 0.15) is 0 Å². The van der Waals surface area contributed by atoms with Crippen molar-refractivity contribution in [3.8, 4) is 0 Å². The number of carbonyl (C=O) groups is 1. The average molecular weight is 252 g/mol. The lowest BCUT2D eigenvalue weighted by Gasteiger charge is -2.01. The Hall–Kier alpha value is -1.95. The van der Waals surface area contributed by atoms with Crippen LogP contribution in [0.5, 0.6) is 0 Å². The first-order chi connectivity index (χ1) is 8.15. The molecule has 0 fully saturated rings. The summed E-state index contributed by atoms with van der Waals surface area (Å²) in [5.41, 5.74) is 1.15. The van der Waals surface area contributed by atoms with Crippen LogP contribution in [0.2, 0.25) is 5.15 Å². The van der Waals surface area contributed by atoms with Crippen molar-refractivity contribution in [2.75, 3.05) is 0 Å². The first-order valence-corrected chi connectivity index (χ1v) is 5.28. The molecular formula is C10H10ClN5O. The van der Waals surface area contributed by atoms with Crippen LogP contribution in [0, 0.1) is 0 Å². The minimum Gasteiger partial charge on any atom is -0.346 e. The number of amides is 1. The van der Waals surface area contributed by atoms with Crippen molar-refractivity contribution < 1.29 is 4.79 Å². The Labute approximate surface area is 103 Å². The predicted octanol–water partition coefficient (Wildman–Crippen LogP) is 0.793. The number of aryl methyl sites for hydroxylation is 1. The largest absolute Gasteiger partial charge is 0.346 e. The molecule has 2 heterocycles. The monoisotopic (exact) mass is 251 g/mol. The first kappa shape index (κ1) is 11.5. The van der Waals surface area contributed by atoms with Gasteiger partial charge < -0.3 is 5.32 Å². The zero-order chi connectivity index (χ0) is 12.3. The smallest absolute Gasteiger partial charge is 0.272 e. The lowest BCUT2D eigenvalue weighted by Crippen LogP contribution is -2.23. The van der Waals surface area contributed by atoms with E-state index in [9.17, 15) is 4.79 Å². The molecule has 0 bridgehead atoms. The molecule has 88 valence electrons. The number of nitrogens with zero attached hydrogens (tertiary/aromatic N) is 4. The summed E-state index contributed by atoms with van der Waals surface area (Å²) in [5.74, 6) is -0.294. The molecular weight excluding hydrogens is 242 g/mol. The van der Waals surface area contributed by atoms with Crippen LogP contribution in [0.3, 0.4) is 0 Å². The van der Waals surface area contributed by atoms with Crippen molar-refractivity contribution in [2.45, 2.75) is 6.54 Å². The standard InChI is InChI=1S/C10H10ClN5O/c1-16-6-7(5-13-16)4-12-10(17)8-2-3-9(11)15-14-8/h2-3,5-6H,4H2,1H3,(H,12,17). The summed E-state index contributed by atoms with van der Waals surface area (Å²) in [6.45, 7) is 0.400. The first-order valence-electron chi connectivity index (χ1n) is 4.90. The lowest BCUT2D eigenvalue weighted by molar-refractivity contribution is 0.0945. The van der Waals surface area contributed by atoms with Crippen molar-refractivity contribution in [2.24, 2.45) is 7.05 Å². The Morgan fingerprint density at radius 3 is 2.88 bits per heavy atom. The number of nitrogens with one attached hydrogen (secondary N) is 1. The summed E-state index contributed by atoms with van der Waals surface area (Å²) in [4.78, 5) is 11.7. The van der Waals surface area contributed by atoms with E-state index in [1.165, 1.54) is 12.1 Å². The van der Waals surface area contributed by atoms with Gasteiger partial charge in [0.15, 0.2) is 10.8 Å². The summed E-state index contributed by atoms with van der Waals surface area (Å²) in [7, 11) is 1.82. The van der Waals surface area contributed by atoms with E-state index in [2.05, 4.69) is 20.6 Å². The minimum absolute atomic E-state index is 0.235. The second-order valence-electron chi connectivity index (χ2n) is 3.45. The maximum Gasteiger partial charge on any atom is 0.272 e. The fourth-order valence-electron chi connectivity index (χ4n) is 1.27. The molecule has 0 aliphatic rings. The highest BCUT2D eigenvalue weighted by molar-refractivity contribution is 6.29. The van der Waals surface area contributed by atoms with Gasteiger partial charge in [-0.05, 0) is 12.1 Å². The second kappa shape index (κ2) is 4.92. The number of halogens is 1.